The first-order chi connectivity index (χ1) is 8.56. The number of nitrogens with zero attached hydrogens (tertiary/aromatic N) is 2. The van der Waals surface area contributed by atoms with E-state index in [2.05, 4.69) is 4.98 Å². The molecule has 0 aliphatic heterocycles. The quantitative estimate of drug-likeness (QED) is 0.891. The third kappa shape index (κ3) is 2.81. The van der Waals surface area contributed by atoms with E-state index in [4.69, 9.17) is 5.73 Å². The van der Waals surface area contributed by atoms with Crippen molar-refractivity contribution in [3.8, 4) is 0 Å². The predicted octanol–water partition coefficient (Wildman–Crippen LogP) is 1.39. The molecule has 1 unspecified atom stereocenters. The molecule has 0 radical (unpaired) electrons. The summed E-state index contributed by atoms with van der Waals surface area (Å²) in [7, 11) is 0. The number of hydrogen-bond acceptors (Lipinski definition) is 3. The molecular formula is C13H14FN3O. The first-order valence-corrected chi connectivity index (χ1v) is 5.60. The SMILES string of the molecule is Cc1cnc(=O)n(CC(N)c2cccc(F)c2)c1. The van der Waals surface area contributed by atoms with Crippen LogP contribution in [0.25, 0.3) is 0 Å². The molecule has 0 amide bonds. The van der Waals surface area contributed by atoms with Crippen LogP contribution in [0, 0.1) is 12.7 Å². The third-order valence-corrected chi connectivity index (χ3v) is 2.65. The molecule has 94 valence electrons. The molecule has 1 heterocycles. The second-order valence-corrected chi connectivity index (χ2v) is 4.23. The Balaban J connectivity index is 2.23. The van der Waals surface area contributed by atoms with Crippen molar-refractivity contribution >= 4 is 0 Å². The summed E-state index contributed by atoms with van der Waals surface area (Å²) in [6.45, 7) is 2.12. The fraction of sp³-hybridized carbons (Fsp3) is 0.231. The number of nitrogens with two attached hydrogens (primary N) is 1. The van der Waals surface area contributed by atoms with Crippen LogP contribution in [0.15, 0.2) is 41.5 Å². The van der Waals surface area contributed by atoms with Gasteiger partial charge in [-0.2, -0.15) is 0 Å². The van der Waals surface area contributed by atoms with Crippen molar-refractivity contribution in [2.24, 2.45) is 5.73 Å². The maximum atomic E-state index is 13.1. The summed E-state index contributed by atoms with van der Waals surface area (Å²) in [6.07, 6.45) is 3.20. The van der Waals surface area contributed by atoms with Gasteiger partial charge in [-0.25, -0.2) is 14.2 Å². The highest BCUT2D eigenvalue weighted by molar-refractivity contribution is 5.19. The monoisotopic (exact) mass is 247 g/mol. The van der Waals surface area contributed by atoms with Gasteiger partial charge in [0.1, 0.15) is 5.82 Å². The Morgan fingerprint density at radius 2 is 2.28 bits per heavy atom. The lowest BCUT2D eigenvalue weighted by Crippen LogP contribution is -2.28. The number of aromatic nitrogens is 2. The molecular weight excluding hydrogens is 233 g/mol. The zero-order valence-electron chi connectivity index (χ0n) is 10.0. The Bertz CT molecular complexity index is 609. The van der Waals surface area contributed by atoms with Gasteiger partial charge in [0.05, 0.1) is 0 Å². The molecule has 0 saturated heterocycles. The highest BCUT2D eigenvalue weighted by atomic mass is 19.1. The van der Waals surface area contributed by atoms with Gasteiger partial charge in [0, 0.05) is 25.0 Å². The molecule has 0 aliphatic carbocycles. The summed E-state index contributed by atoms with van der Waals surface area (Å²) in [5.41, 5.74) is 7.14. The second kappa shape index (κ2) is 5.10. The minimum atomic E-state index is -0.443. The van der Waals surface area contributed by atoms with Crippen LogP contribution >= 0.6 is 0 Å². The lowest BCUT2D eigenvalue weighted by Gasteiger charge is -2.13. The molecule has 2 rings (SSSR count). The van der Waals surface area contributed by atoms with Crippen LogP contribution in [0.2, 0.25) is 0 Å². The molecule has 4 nitrogen and oxygen atoms in total. The van der Waals surface area contributed by atoms with Crippen LogP contribution in [0.4, 0.5) is 4.39 Å². The second-order valence-electron chi connectivity index (χ2n) is 4.23. The Labute approximate surface area is 104 Å². The summed E-state index contributed by atoms with van der Waals surface area (Å²) in [5.74, 6) is -0.335. The van der Waals surface area contributed by atoms with Crippen LogP contribution in [0.3, 0.4) is 0 Å². The molecule has 0 saturated carbocycles. The maximum absolute atomic E-state index is 13.1. The summed E-state index contributed by atoms with van der Waals surface area (Å²) in [6, 6.07) is 5.63. The smallest absolute Gasteiger partial charge is 0.322 e. The van der Waals surface area contributed by atoms with E-state index >= 15 is 0 Å². The van der Waals surface area contributed by atoms with Crippen LogP contribution in [-0.4, -0.2) is 9.55 Å². The van der Waals surface area contributed by atoms with Gasteiger partial charge in [-0.1, -0.05) is 12.1 Å². The Hall–Kier alpha value is -2.01. The first kappa shape index (κ1) is 12.4. The van der Waals surface area contributed by atoms with Gasteiger partial charge in [-0.15, -0.1) is 0 Å². The van der Waals surface area contributed by atoms with Gasteiger partial charge < -0.3 is 5.73 Å². The predicted molar refractivity (Wildman–Crippen MR) is 66.6 cm³/mol. The molecule has 5 heteroatoms. The fourth-order valence-corrected chi connectivity index (χ4v) is 1.75. The van der Waals surface area contributed by atoms with Gasteiger partial charge in [0.25, 0.3) is 0 Å². The first-order valence-electron chi connectivity index (χ1n) is 5.60. The molecule has 0 bridgehead atoms. The minimum Gasteiger partial charge on any atom is -0.322 e. The van der Waals surface area contributed by atoms with Crippen LogP contribution in [0.5, 0.6) is 0 Å². The standard InChI is InChI=1S/C13H14FN3O/c1-9-6-16-13(18)17(7-9)8-12(15)10-3-2-4-11(14)5-10/h2-7,12H,8,15H2,1H3. The van der Waals surface area contributed by atoms with Crippen molar-refractivity contribution in [2.45, 2.75) is 19.5 Å². The normalized spacial score (nSPS) is 12.4. The van der Waals surface area contributed by atoms with E-state index in [1.165, 1.54) is 22.9 Å². The Kier molecular flexibility index (Phi) is 3.53. The molecule has 0 spiro atoms. The van der Waals surface area contributed by atoms with E-state index in [-0.39, 0.29) is 18.1 Å². The van der Waals surface area contributed by atoms with Gasteiger partial charge in [0.15, 0.2) is 0 Å². The van der Waals surface area contributed by atoms with Crippen molar-refractivity contribution in [3.05, 3.63) is 64.1 Å². The molecule has 2 N–H and O–H groups in total. The molecule has 1 aromatic carbocycles. The van der Waals surface area contributed by atoms with Gasteiger partial charge in [-0.05, 0) is 30.2 Å². The van der Waals surface area contributed by atoms with Crippen molar-refractivity contribution in [1.29, 1.82) is 0 Å². The Morgan fingerprint density at radius 3 is 3.00 bits per heavy atom. The zero-order valence-corrected chi connectivity index (χ0v) is 10.0. The average molecular weight is 247 g/mol. The van der Waals surface area contributed by atoms with Crippen LogP contribution in [-0.2, 0) is 6.54 Å². The third-order valence-electron chi connectivity index (χ3n) is 2.65. The number of rotatable bonds is 3. The van der Waals surface area contributed by atoms with E-state index in [9.17, 15) is 9.18 Å². The molecule has 0 aliphatic rings. The lowest BCUT2D eigenvalue weighted by molar-refractivity contribution is 0.544. The highest BCUT2D eigenvalue weighted by Gasteiger charge is 2.09. The van der Waals surface area contributed by atoms with E-state index < -0.39 is 6.04 Å². The topological polar surface area (TPSA) is 60.9 Å². The summed E-state index contributed by atoms with van der Waals surface area (Å²) >= 11 is 0. The zero-order chi connectivity index (χ0) is 13.1. The van der Waals surface area contributed by atoms with E-state index in [1.54, 1.807) is 18.3 Å². The van der Waals surface area contributed by atoms with Crippen molar-refractivity contribution in [1.82, 2.24) is 9.55 Å². The number of hydrogen-bond donors (Lipinski definition) is 1. The van der Waals surface area contributed by atoms with Gasteiger partial charge in [0.2, 0.25) is 0 Å². The summed E-state index contributed by atoms with van der Waals surface area (Å²) in [4.78, 5) is 15.2. The lowest BCUT2D eigenvalue weighted by atomic mass is 10.1. The molecule has 1 atom stereocenters. The van der Waals surface area contributed by atoms with E-state index in [0.29, 0.717) is 5.56 Å². The number of aryl methyl sites for hydroxylation is 1. The molecule has 18 heavy (non-hydrogen) atoms. The van der Waals surface area contributed by atoms with E-state index in [0.717, 1.165) is 5.56 Å². The Morgan fingerprint density at radius 1 is 1.50 bits per heavy atom. The van der Waals surface area contributed by atoms with Crippen molar-refractivity contribution < 1.29 is 4.39 Å². The van der Waals surface area contributed by atoms with Crippen molar-refractivity contribution in [3.63, 3.8) is 0 Å². The van der Waals surface area contributed by atoms with E-state index in [1.807, 2.05) is 6.92 Å². The van der Waals surface area contributed by atoms with Gasteiger partial charge >= 0.3 is 5.69 Å². The highest BCUT2D eigenvalue weighted by Crippen LogP contribution is 2.13. The fourth-order valence-electron chi connectivity index (χ4n) is 1.75. The maximum Gasteiger partial charge on any atom is 0.347 e. The number of benzene rings is 1. The van der Waals surface area contributed by atoms with Crippen LogP contribution < -0.4 is 11.4 Å². The van der Waals surface area contributed by atoms with Crippen LogP contribution in [0.1, 0.15) is 17.2 Å². The summed E-state index contributed by atoms with van der Waals surface area (Å²) in [5, 5.41) is 0. The molecule has 1 aromatic heterocycles. The minimum absolute atomic E-state index is 0.275. The summed E-state index contributed by atoms with van der Waals surface area (Å²) < 4.78 is 14.5. The van der Waals surface area contributed by atoms with Gasteiger partial charge in [-0.3, -0.25) is 4.57 Å². The molecule has 2 aromatic rings. The van der Waals surface area contributed by atoms with Crippen molar-refractivity contribution in [2.75, 3.05) is 0 Å². The number of halogens is 1. The largest absolute Gasteiger partial charge is 0.347 e. The molecule has 0 fully saturated rings. The average Bonchev–Trinajstić information content (AvgIpc) is 2.34.